The van der Waals surface area contributed by atoms with Crippen molar-refractivity contribution >= 4 is 11.9 Å². The lowest BCUT2D eigenvalue weighted by molar-refractivity contribution is -0.137. The fraction of sp³-hybridized carbons (Fsp3) is 0.600. The lowest BCUT2D eigenvalue weighted by atomic mass is 10.0. The zero-order valence-corrected chi connectivity index (χ0v) is 8.96. The summed E-state index contributed by atoms with van der Waals surface area (Å²) in [5.74, 6) is -1.07. The van der Waals surface area contributed by atoms with Crippen molar-refractivity contribution in [3.8, 4) is 0 Å². The molecule has 0 spiro atoms. The van der Waals surface area contributed by atoms with Crippen LogP contribution < -0.4 is 10.6 Å². The van der Waals surface area contributed by atoms with E-state index in [1.807, 2.05) is 0 Å². The molecule has 1 aliphatic heterocycles. The van der Waals surface area contributed by atoms with Gasteiger partial charge in [0.2, 0.25) is 5.91 Å². The Labute approximate surface area is 88.5 Å². The summed E-state index contributed by atoms with van der Waals surface area (Å²) in [7, 11) is 0. The normalized spacial score (nSPS) is 16.5. The van der Waals surface area contributed by atoms with Crippen LogP contribution in [-0.4, -0.2) is 36.1 Å². The molecule has 0 bridgehead atoms. The van der Waals surface area contributed by atoms with Gasteiger partial charge in [0, 0.05) is 24.7 Å². The zero-order chi connectivity index (χ0) is 11.4. The van der Waals surface area contributed by atoms with Gasteiger partial charge in [-0.15, -0.1) is 0 Å². The van der Waals surface area contributed by atoms with Crippen molar-refractivity contribution in [3.63, 3.8) is 0 Å². The van der Waals surface area contributed by atoms with Crippen LogP contribution >= 0.6 is 0 Å². The Bertz CT molecular complexity index is 304. The fourth-order valence-corrected chi connectivity index (χ4v) is 1.32. The summed E-state index contributed by atoms with van der Waals surface area (Å²) in [4.78, 5) is 22.0. The van der Waals surface area contributed by atoms with E-state index in [9.17, 15) is 9.59 Å². The van der Waals surface area contributed by atoms with E-state index in [1.165, 1.54) is 0 Å². The number of carboxylic acids is 1. The fourth-order valence-electron chi connectivity index (χ4n) is 1.32. The number of nitrogens with one attached hydrogen (secondary N) is 2. The average Bonchev–Trinajstić information content (AvgIpc) is 1.98. The highest BCUT2D eigenvalue weighted by molar-refractivity contribution is 5.94. The summed E-state index contributed by atoms with van der Waals surface area (Å²) >= 11 is 0. The van der Waals surface area contributed by atoms with E-state index in [0.29, 0.717) is 5.57 Å². The lowest BCUT2D eigenvalue weighted by Gasteiger charge is -2.22. The number of hydrogen-bond acceptors (Lipinski definition) is 3. The van der Waals surface area contributed by atoms with Crippen molar-refractivity contribution in [2.75, 3.05) is 13.1 Å². The highest BCUT2D eigenvalue weighted by Crippen LogP contribution is 2.09. The van der Waals surface area contributed by atoms with Gasteiger partial charge in [0.1, 0.15) is 0 Å². The van der Waals surface area contributed by atoms with Crippen LogP contribution in [0.2, 0.25) is 0 Å². The largest absolute Gasteiger partial charge is 0.481 e. The minimum absolute atomic E-state index is 0.0490. The van der Waals surface area contributed by atoms with Gasteiger partial charge >= 0.3 is 5.97 Å². The second-order valence-electron chi connectivity index (χ2n) is 3.80. The number of aliphatic carboxylic acids is 1. The smallest absolute Gasteiger partial charge is 0.305 e. The van der Waals surface area contributed by atoms with Crippen molar-refractivity contribution in [2.24, 2.45) is 0 Å². The highest BCUT2D eigenvalue weighted by Gasteiger charge is 2.17. The van der Waals surface area contributed by atoms with Crippen molar-refractivity contribution in [1.82, 2.24) is 10.6 Å². The van der Waals surface area contributed by atoms with E-state index < -0.39 is 5.97 Å². The summed E-state index contributed by atoms with van der Waals surface area (Å²) in [6, 6.07) is -0.335. The molecule has 0 aromatic rings. The SMILES string of the molecule is CC(C(=O)NC(C)CC(=O)O)=C1CNC1. The maximum Gasteiger partial charge on any atom is 0.305 e. The monoisotopic (exact) mass is 212 g/mol. The molecule has 1 amide bonds. The van der Waals surface area contributed by atoms with Gasteiger partial charge in [0.15, 0.2) is 0 Å². The van der Waals surface area contributed by atoms with E-state index >= 15 is 0 Å². The van der Waals surface area contributed by atoms with Crippen LogP contribution in [-0.2, 0) is 9.59 Å². The molecule has 1 saturated heterocycles. The van der Waals surface area contributed by atoms with Gasteiger partial charge in [-0.05, 0) is 19.4 Å². The molecule has 0 radical (unpaired) electrons. The Morgan fingerprint density at radius 2 is 2.13 bits per heavy atom. The third-order valence-electron chi connectivity index (χ3n) is 2.41. The molecular weight excluding hydrogens is 196 g/mol. The number of rotatable bonds is 4. The Morgan fingerprint density at radius 1 is 1.53 bits per heavy atom. The molecule has 0 aromatic heterocycles. The highest BCUT2D eigenvalue weighted by atomic mass is 16.4. The first kappa shape index (κ1) is 11.7. The molecule has 5 heteroatoms. The number of carboxylic acid groups (broad SMARTS) is 1. The van der Waals surface area contributed by atoms with Crippen molar-refractivity contribution in [3.05, 3.63) is 11.1 Å². The molecule has 1 rings (SSSR count). The Kier molecular flexibility index (Phi) is 3.85. The summed E-state index contributed by atoms with van der Waals surface area (Å²) in [5, 5.41) is 14.2. The molecule has 0 aromatic carbocycles. The van der Waals surface area contributed by atoms with Crippen molar-refractivity contribution < 1.29 is 14.7 Å². The summed E-state index contributed by atoms with van der Waals surface area (Å²) in [5.41, 5.74) is 1.79. The van der Waals surface area contributed by atoms with Gasteiger partial charge in [-0.3, -0.25) is 9.59 Å². The Morgan fingerprint density at radius 3 is 2.53 bits per heavy atom. The van der Waals surface area contributed by atoms with E-state index in [2.05, 4.69) is 10.6 Å². The first-order valence-electron chi connectivity index (χ1n) is 4.92. The number of carbonyl (C=O) groups excluding carboxylic acids is 1. The number of amides is 1. The summed E-state index contributed by atoms with van der Waals surface area (Å²) in [6.45, 7) is 4.96. The molecule has 1 unspecified atom stereocenters. The maximum atomic E-state index is 11.6. The Hall–Kier alpha value is -1.36. The number of carbonyl (C=O) groups is 2. The van der Waals surface area contributed by atoms with Crippen LogP contribution in [0, 0.1) is 0 Å². The summed E-state index contributed by atoms with van der Waals surface area (Å²) in [6.07, 6.45) is -0.0490. The molecule has 5 nitrogen and oxygen atoms in total. The van der Waals surface area contributed by atoms with Crippen LogP contribution in [0.1, 0.15) is 20.3 Å². The molecule has 1 aliphatic rings. The first-order valence-corrected chi connectivity index (χ1v) is 4.92. The molecule has 15 heavy (non-hydrogen) atoms. The molecule has 1 atom stereocenters. The number of hydrogen-bond donors (Lipinski definition) is 3. The molecule has 1 heterocycles. The van der Waals surface area contributed by atoms with Gasteiger partial charge in [0.05, 0.1) is 6.42 Å². The second-order valence-corrected chi connectivity index (χ2v) is 3.80. The topological polar surface area (TPSA) is 78.4 Å². The van der Waals surface area contributed by atoms with Crippen molar-refractivity contribution in [2.45, 2.75) is 26.3 Å². The molecule has 0 aliphatic carbocycles. The van der Waals surface area contributed by atoms with E-state index in [-0.39, 0.29) is 18.4 Å². The van der Waals surface area contributed by atoms with Crippen LogP contribution in [0.15, 0.2) is 11.1 Å². The van der Waals surface area contributed by atoms with Gasteiger partial charge in [-0.25, -0.2) is 0 Å². The van der Waals surface area contributed by atoms with Gasteiger partial charge in [-0.2, -0.15) is 0 Å². The maximum absolute atomic E-state index is 11.6. The van der Waals surface area contributed by atoms with E-state index in [0.717, 1.165) is 18.7 Å². The standard InChI is InChI=1S/C10H16N2O3/c1-6(3-9(13)14)12-10(15)7(2)8-4-11-5-8/h6,11H,3-5H2,1-2H3,(H,12,15)(H,13,14). The predicted molar refractivity (Wildman–Crippen MR) is 55.4 cm³/mol. The van der Waals surface area contributed by atoms with Crippen LogP contribution in [0.4, 0.5) is 0 Å². The minimum Gasteiger partial charge on any atom is -0.481 e. The van der Waals surface area contributed by atoms with Crippen LogP contribution in [0.3, 0.4) is 0 Å². The van der Waals surface area contributed by atoms with Crippen LogP contribution in [0.5, 0.6) is 0 Å². The Balaban J connectivity index is 2.44. The van der Waals surface area contributed by atoms with E-state index in [1.54, 1.807) is 13.8 Å². The molecule has 3 N–H and O–H groups in total. The second kappa shape index (κ2) is 4.93. The van der Waals surface area contributed by atoms with Gasteiger partial charge in [-0.1, -0.05) is 0 Å². The average molecular weight is 212 g/mol. The molecule has 84 valence electrons. The molecule has 0 saturated carbocycles. The van der Waals surface area contributed by atoms with Crippen LogP contribution in [0.25, 0.3) is 0 Å². The predicted octanol–water partition coefficient (Wildman–Crippen LogP) is -0.114. The van der Waals surface area contributed by atoms with Crippen molar-refractivity contribution in [1.29, 1.82) is 0 Å². The zero-order valence-electron chi connectivity index (χ0n) is 8.96. The molecular formula is C10H16N2O3. The van der Waals surface area contributed by atoms with Gasteiger partial charge in [0.25, 0.3) is 0 Å². The summed E-state index contributed by atoms with van der Waals surface area (Å²) < 4.78 is 0. The third kappa shape index (κ3) is 3.36. The van der Waals surface area contributed by atoms with E-state index in [4.69, 9.17) is 5.11 Å². The lowest BCUT2D eigenvalue weighted by Crippen LogP contribution is -2.40. The molecule has 1 fully saturated rings. The first-order chi connectivity index (χ1) is 7.00. The minimum atomic E-state index is -0.904. The van der Waals surface area contributed by atoms with Gasteiger partial charge < -0.3 is 15.7 Å². The third-order valence-corrected chi connectivity index (χ3v) is 2.41. The quantitative estimate of drug-likeness (QED) is 0.568.